The number of benzene rings is 3. The van der Waals surface area contributed by atoms with E-state index in [1.165, 1.54) is 12.1 Å². The van der Waals surface area contributed by atoms with Crippen molar-refractivity contribution in [3.05, 3.63) is 95.7 Å². The summed E-state index contributed by atoms with van der Waals surface area (Å²) in [7, 11) is 0. The Bertz CT molecular complexity index is 1300. The third-order valence-electron chi connectivity index (χ3n) is 5.34. The molecule has 3 nitrogen and oxygen atoms in total. The topological polar surface area (TPSA) is 42.0 Å². The van der Waals surface area contributed by atoms with Crippen LogP contribution in [0.15, 0.2) is 78.9 Å². The monoisotopic (exact) mass is 404 g/mol. The highest BCUT2D eigenvalue weighted by atomic mass is 19.4. The van der Waals surface area contributed by atoms with Crippen LogP contribution in [0, 0.1) is 0 Å². The van der Waals surface area contributed by atoms with Crippen LogP contribution in [0.5, 0.6) is 0 Å². The lowest BCUT2D eigenvalue weighted by Crippen LogP contribution is -2.14. The third-order valence-corrected chi connectivity index (χ3v) is 5.34. The Balaban J connectivity index is 1.64. The van der Waals surface area contributed by atoms with Crippen LogP contribution < -0.4 is 5.32 Å². The van der Waals surface area contributed by atoms with E-state index in [2.05, 4.69) is 10.3 Å². The molecular formula is C24H15F3N2O. The lowest BCUT2D eigenvalue weighted by Gasteiger charge is -2.15. The molecule has 1 N–H and O–H groups in total. The number of hydrogen-bond acceptors (Lipinski definition) is 2. The van der Waals surface area contributed by atoms with Crippen molar-refractivity contribution in [1.29, 1.82) is 0 Å². The van der Waals surface area contributed by atoms with Gasteiger partial charge < -0.3 is 5.32 Å². The second kappa shape index (κ2) is 6.69. The maximum Gasteiger partial charge on any atom is 0.417 e. The molecular weight excluding hydrogens is 389 g/mol. The molecule has 148 valence electrons. The van der Waals surface area contributed by atoms with Crippen molar-refractivity contribution in [2.24, 2.45) is 0 Å². The van der Waals surface area contributed by atoms with E-state index in [0.29, 0.717) is 22.5 Å². The van der Waals surface area contributed by atoms with Gasteiger partial charge in [0.2, 0.25) is 5.91 Å². The molecule has 30 heavy (non-hydrogen) atoms. The van der Waals surface area contributed by atoms with Crippen LogP contribution in [0.25, 0.3) is 22.0 Å². The van der Waals surface area contributed by atoms with E-state index in [4.69, 9.17) is 0 Å². The number of carbonyl (C=O) groups is 1. The number of nitrogens with one attached hydrogen (secondary N) is 1. The van der Waals surface area contributed by atoms with Crippen molar-refractivity contribution in [3.63, 3.8) is 0 Å². The van der Waals surface area contributed by atoms with Gasteiger partial charge in [-0.1, -0.05) is 48.5 Å². The van der Waals surface area contributed by atoms with Crippen LogP contribution in [0.2, 0.25) is 0 Å². The molecule has 1 aliphatic rings. The fourth-order valence-electron chi connectivity index (χ4n) is 3.95. The summed E-state index contributed by atoms with van der Waals surface area (Å²) in [5.74, 6) is -0.920. The van der Waals surface area contributed by atoms with Gasteiger partial charge in [-0.15, -0.1) is 0 Å². The molecule has 6 heteroatoms. The zero-order valence-corrected chi connectivity index (χ0v) is 15.6. The van der Waals surface area contributed by atoms with E-state index in [0.717, 1.165) is 17.0 Å². The highest BCUT2D eigenvalue weighted by Gasteiger charge is 2.36. The van der Waals surface area contributed by atoms with Crippen LogP contribution in [0.3, 0.4) is 0 Å². The number of nitrogens with zero attached hydrogens (tertiary/aromatic N) is 1. The minimum atomic E-state index is -4.47. The Morgan fingerprint density at radius 2 is 1.63 bits per heavy atom. The zero-order chi connectivity index (χ0) is 20.9. The van der Waals surface area contributed by atoms with E-state index in [1.807, 2.05) is 30.3 Å². The first-order chi connectivity index (χ1) is 14.4. The molecule has 0 fully saturated rings. The van der Waals surface area contributed by atoms with Gasteiger partial charge in [-0.2, -0.15) is 13.2 Å². The van der Waals surface area contributed by atoms with Gasteiger partial charge >= 0.3 is 6.18 Å². The minimum absolute atomic E-state index is 0.0809. The number of carbonyl (C=O) groups excluding carboxylic acids is 1. The Labute approximate surface area is 170 Å². The van der Waals surface area contributed by atoms with Gasteiger partial charge in [0.05, 0.1) is 16.8 Å². The number of alkyl halides is 3. The zero-order valence-electron chi connectivity index (χ0n) is 15.6. The molecule has 0 radical (unpaired) electrons. The quantitative estimate of drug-likeness (QED) is 0.445. The highest BCUT2D eigenvalue weighted by molar-refractivity contribution is 6.05. The summed E-state index contributed by atoms with van der Waals surface area (Å²) >= 11 is 0. The van der Waals surface area contributed by atoms with E-state index < -0.39 is 17.7 Å². The van der Waals surface area contributed by atoms with Gasteiger partial charge in [0.25, 0.3) is 0 Å². The molecule has 1 aliphatic heterocycles. The molecule has 5 rings (SSSR count). The average Bonchev–Trinajstić information content (AvgIpc) is 3.07. The Morgan fingerprint density at radius 3 is 2.47 bits per heavy atom. The summed E-state index contributed by atoms with van der Waals surface area (Å²) < 4.78 is 40.5. The summed E-state index contributed by atoms with van der Waals surface area (Å²) in [5, 5.41) is 3.77. The summed E-state index contributed by atoms with van der Waals surface area (Å²) in [6, 6.07) is 21.6. The maximum atomic E-state index is 13.5. The fourth-order valence-corrected chi connectivity index (χ4v) is 3.95. The van der Waals surface area contributed by atoms with Gasteiger partial charge in [-0.05, 0) is 47.0 Å². The van der Waals surface area contributed by atoms with Gasteiger partial charge in [0.1, 0.15) is 5.92 Å². The summed E-state index contributed by atoms with van der Waals surface area (Å²) in [6.07, 6.45) is -4.47. The molecule has 0 aliphatic carbocycles. The van der Waals surface area contributed by atoms with E-state index >= 15 is 0 Å². The van der Waals surface area contributed by atoms with Gasteiger partial charge in [0, 0.05) is 11.1 Å². The number of rotatable bonds is 2. The van der Waals surface area contributed by atoms with Crippen LogP contribution >= 0.6 is 0 Å². The minimum Gasteiger partial charge on any atom is -0.325 e. The number of para-hydroxylation sites is 1. The fraction of sp³-hybridized carbons (Fsp3) is 0.0833. The van der Waals surface area contributed by atoms with Crippen LogP contribution in [-0.2, 0) is 11.0 Å². The molecule has 1 amide bonds. The number of anilines is 1. The number of halogens is 3. The second-order valence-electron chi connectivity index (χ2n) is 7.20. The molecule has 0 bridgehead atoms. The van der Waals surface area contributed by atoms with Crippen molar-refractivity contribution in [2.75, 3.05) is 5.32 Å². The molecule has 0 spiro atoms. The van der Waals surface area contributed by atoms with Crippen LogP contribution in [0.1, 0.15) is 22.7 Å². The van der Waals surface area contributed by atoms with Crippen molar-refractivity contribution in [2.45, 2.75) is 12.1 Å². The summed E-state index contributed by atoms with van der Waals surface area (Å²) in [5.41, 5.74) is 2.32. The molecule has 2 heterocycles. The van der Waals surface area contributed by atoms with Crippen molar-refractivity contribution < 1.29 is 18.0 Å². The highest BCUT2D eigenvalue weighted by Crippen LogP contribution is 2.42. The van der Waals surface area contributed by atoms with E-state index in [1.54, 1.807) is 30.3 Å². The predicted octanol–water partition coefficient (Wildman–Crippen LogP) is 6.00. The van der Waals surface area contributed by atoms with Crippen molar-refractivity contribution >= 4 is 22.5 Å². The Kier molecular flexibility index (Phi) is 4.10. The number of aromatic nitrogens is 1. The van der Waals surface area contributed by atoms with E-state index in [9.17, 15) is 18.0 Å². The average molecular weight is 404 g/mol. The Hall–Kier alpha value is -3.67. The van der Waals surface area contributed by atoms with E-state index in [-0.39, 0.29) is 11.5 Å². The van der Waals surface area contributed by atoms with Crippen LogP contribution in [-0.4, -0.2) is 10.9 Å². The summed E-state index contributed by atoms with van der Waals surface area (Å²) in [4.78, 5) is 17.3. The SMILES string of the molecule is O=C1Nc2ccc(-c3ccccc3C(F)(F)F)cc2C1c1ccc2ccccc2n1. The first-order valence-electron chi connectivity index (χ1n) is 9.39. The lowest BCUT2D eigenvalue weighted by atomic mass is 9.91. The molecule has 4 aromatic rings. The standard InChI is InChI=1S/C24H15F3N2O/c25-24(26,27)18-7-3-2-6-16(18)15-10-11-20-17(13-15)22(23(30)29-20)21-12-9-14-5-1-4-8-19(14)28-21/h1-13,22H,(H,29,30). The number of hydrogen-bond donors (Lipinski definition) is 1. The van der Waals surface area contributed by atoms with Crippen molar-refractivity contribution in [1.82, 2.24) is 4.98 Å². The largest absolute Gasteiger partial charge is 0.417 e. The Morgan fingerprint density at radius 1 is 0.867 bits per heavy atom. The number of amides is 1. The lowest BCUT2D eigenvalue weighted by molar-refractivity contribution is -0.137. The molecule has 0 saturated heterocycles. The predicted molar refractivity (Wildman–Crippen MR) is 109 cm³/mol. The number of pyridine rings is 1. The van der Waals surface area contributed by atoms with Crippen LogP contribution in [0.4, 0.5) is 18.9 Å². The molecule has 0 saturated carbocycles. The van der Waals surface area contributed by atoms with Gasteiger partial charge in [-0.25, -0.2) is 0 Å². The smallest absolute Gasteiger partial charge is 0.325 e. The first kappa shape index (κ1) is 18.4. The molecule has 1 atom stereocenters. The van der Waals surface area contributed by atoms with Gasteiger partial charge in [-0.3, -0.25) is 9.78 Å². The normalized spacial score (nSPS) is 15.8. The maximum absolute atomic E-state index is 13.5. The number of fused-ring (bicyclic) bond motifs is 2. The molecule has 1 aromatic heterocycles. The molecule has 1 unspecified atom stereocenters. The van der Waals surface area contributed by atoms with Gasteiger partial charge in [0.15, 0.2) is 0 Å². The third kappa shape index (κ3) is 3.01. The second-order valence-corrected chi connectivity index (χ2v) is 7.20. The molecule has 3 aromatic carbocycles. The van der Waals surface area contributed by atoms with Crippen molar-refractivity contribution in [3.8, 4) is 11.1 Å². The first-order valence-corrected chi connectivity index (χ1v) is 9.39. The summed E-state index contributed by atoms with van der Waals surface area (Å²) in [6.45, 7) is 0.